The number of aromatic amines is 1. The van der Waals surface area contributed by atoms with Crippen LogP contribution in [0.4, 0.5) is 5.69 Å². The minimum atomic E-state index is 0.503. The van der Waals surface area contributed by atoms with Crippen molar-refractivity contribution in [3.05, 3.63) is 59.4 Å². The fourth-order valence-corrected chi connectivity index (χ4v) is 2.35. The van der Waals surface area contributed by atoms with E-state index >= 15 is 0 Å². The Bertz CT molecular complexity index is 751. The molecule has 0 unspecified atom stereocenters. The zero-order chi connectivity index (χ0) is 14.7. The van der Waals surface area contributed by atoms with E-state index in [9.17, 15) is 0 Å². The summed E-state index contributed by atoms with van der Waals surface area (Å²) in [6, 6.07) is 15.4. The monoisotopic (exact) mass is 316 g/mol. The predicted molar refractivity (Wildman–Crippen MR) is 90.6 cm³/mol. The van der Waals surface area contributed by atoms with Gasteiger partial charge in [0.2, 0.25) is 0 Å². The number of fused-ring (bicyclic) bond motifs is 1. The largest absolute Gasteiger partial charge is 0.355 e. The van der Waals surface area contributed by atoms with E-state index in [2.05, 4.69) is 20.6 Å². The predicted octanol–water partition coefficient (Wildman–Crippen LogP) is 3.70. The van der Waals surface area contributed by atoms with Gasteiger partial charge in [0.05, 0.1) is 28.3 Å². The Kier molecular flexibility index (Phi) is 4.03. The topological polar surface area (TPSA) is 52.7 Å². The lowest BCUT2D eigenvalue weighted by atomic mass is 10.3. The number of nitrogens with one attached hydrogen (secondary N) is 3. The Hall–Kier alpha value is -2.11. The minimum absolute atomic E-state index is 0.503. The highest BCUT2D eigenvalue weighted by atomic mass is 35.5. The Balaban J connectivity index is 1.62. The molecule has 0 atom stereocenters. The van der Waals surface area contributed by atoms with Gasteiger partial charge in [-0.2, -0.15) is 0 Å². The smallest absolute Gasteiger partial charge is 0.171 e. The van der Waals surface area contributed by atoms with Crippen LogP contribution >= 0.6 is 23.8 Å². The number of hydrogen-bond acceptors (Lipinski definition) is 2. The first-order chi connectivity index (χ1) is 10.2. The van der Waals surface area contributed by atoms with Crippen LogP contribution in [0.5, 0.6) is 0 Å². The number of imidazole rings is 1. The molecule has 1 aromatic heterocycles. The summed E-state index contributed by atoms with van der Waals surface area (Å²) in [7, 11) is 0. The average molecular weight is 317 g/mol. The second kappa shape index (κ2) is 6.11. The molecule has 2 aromatic carbocycles. The highest BCUT2D eigenvalue weighted by molar-refractivity contribution is 7.80. The first-order valence-electron chi connectivity index (χ1n) is 6.45. The summed E-state index contributed by atoms with van der Waals surface area (Å²) in [5.74, 6) is 0.833. The van der Waals surface area contributed by atoms with Crippen molar-refractivity contribution in [1.29, 1.82) is 0 Å². The van der Waals surface area contributed by atoms with Gasteiger partial charge in [0.1, 0.15) is 5.82 Å². The molecule has 0 radical (unpaired) electrons. The third-order valence-corrected chi connectivity index (χ3v) is 3.55. The van der Waals surface area contributed by atoms with Crippen LogP contribution in [0.2, 0.25) is 5.02 Å². The fourth-order valence-electron chi connectivity index (χ4n) is 1.98. The molecular weight excluding hydrogens is 304 g/mol. The molecule has 0 amide bonds. The van der Waals surface area contributed by atoms with Crippen molar-refractivity contribution >= 4 is 45.7 Å². The summed E-state index contributed by atoms with van der Waals surface area (Å²) in [5, 5.41) is 7.30. The number of benzene rings is 2. The molecule has 4 nitrogen and oxygen atoms in total. The third kappa shape index (κ3) is 3.32. The molecule has 1 heterocycles. The SMILES string of the molecule is S=C(NCc1nc2ccccc2[nH]1)Nc1ccccc1Cl. The number of hydrogen-bond donors (Lipinski definition) is 3. The first-order valence-corrected chi connectivity index (χ1v) is 7.24. The van der Waals surface area contributed by atoms with Gasteiger partial charge in [-0.3, -0.25) is 0 Å². The zero-order valence-corrected chi connectivity index (χ0v) is 12.6. The summed E-state index contributed by atoms with van der Waals surface area (Å²) in [4.78, 5) is 7.72. The molecule has 0 aliphatic rings. The highest BCUT2D eigenvalue weighted by Crippen LogP contribution is 2.20. The lowest BCUT2D eigenvalue weighted by Gasteiger charge is -2.10. The molecule has 3 aromatic rings. The summed E-state index contributed by atoms with van der Waals surface area (Å²) in [5.41, 5.74) is 2.74. The molecule has 0 spiro atoms. The van der Waals surface area contributed by atoms with Crippen LogP contribution < -0.4 is 10.6 Å². The molecule has 3 rings (SSSR count). The van der Waals surface area contributed by atoms with Crippen LogP contribution in [0.25, 0.3) is 11.0 Å². The van der Waals surface area contributed by atoms with Crippen molar-refractivity contribution in [3.63, 3.8) is 0 Å². The molecule has 0 aliphatic heterocycles. The first kappa shape index (κ1) is 13.9. The van der Waals surface area contributed by atoms with Crippen molar-refractivity contribution in [3.8, 4) is 0 Å². The molecular formula is C15H13ClN4S. The number of halogens is 1. The number of nitrogens with zero attached hydrogens (tertiary/aromatic N) is 1. The molecule has 0 aliphatic carbocycles. The Labute approximate surface area is 132 Å². The van der Waals surface area contributed by atoms with Gasteiger partial charge < -0.3 is 15.6 Å². The molecule has 0 fully saturated rings. The van der Waals surface area contributed by atoms with Crippen LogP contribution in [0.15, 0.2) is 48.5 Å². The van der Waals surface area contributed by atoms with Crippen molar-refractivity contribution in [2.75, 3.05) is 5.32 Å². The van der Waals surface area contributed by atoms with Gasteiger partial charge in [0.25, 0.3) is 0 Å². The quantitative estimate of drug-likeness (QED) is 0.645. The molecule has 21 heavy (non-hydrogen) atoms. The Morgan fingerprint density at radius 3 is 2.71 bits per heavy atom. The van der Waals surface area contributed by atoms with Gasteiger partial charge in [-0.1, -0.05) is 35.9 Å². The number of para-hydroxylation sites is 3. The number of thiocarbonyl (C=S) groups is 1. The van der Waals surface area contributed by atoms with E-state index in [1.165, 1.54) is 0 Å². The Morgan fingerprint density at radius 2 is 1.90 bits per heavy atom. The van der Waals surface area contributed by atoms with E-state index in [4.69, 9.17) is 23.8 Å². The zero-order valence-electron chi connectivity index (χ0n) is 11.1. The highest BCUT2D eigenvalue weighted by Gasteiger charge is 2.04. The molecule has 3 N–H and O–H groups in total. The van der Waals surface area contributed by atoms with Crippen LogP contribution in [0.1, 0.15) is 5.82 Å². The number of rotatable bonds is 3. The van der Waals surface area contributed by atoms with Crippen LogP contribution in [-0.2, 0) is 6.54 Å². The van der Waals surface area contributed by atoms with E-state index in [1.807, 2.05) is 48.5 Å². The Morgan fingerprint density at radius 1 is 1.14 bits per heavy atom. The summed E-state index contributed by atoms with van der Waals surface area (Å²) in [6.45, 7) is 0.519. The second-order valence-corrected chi connectivity index (χ2v) is 5.30. The van der Waals surface area contributed by atoms with Crippen LogP contribution in [0, 0.1) is 0 Å². The fraction of sp³-hybridized carbons (Fsp3) is 0.0667. The standard InChI is InChI=1S/C15H13ClN4S/c16-10-5-1-2-6-11(10)20-15(21)17-9-14-18-12-7-3-4-8-13(12)19-14/h1-8H,9H2,(H,18,19)(H2,17,20,21). The molecule has 6 heteroatoms. The van der Waals surface area contributed by atoms with E-state index in [0.717, 1.165) is 22.5 Å². The minimum Gasteiger partial charge on any atom is -0.355 e. The van der Waals surface area contributed by atoms with Gasteiger partial charge in [-0.15, -0.1) is 0 Å². The van der Waals surface area contributed by atoms with Crippen molar-refractivity contribution in [2.24, 2.45) is 0 Å². The van der Waals surface area contributed by atoms with Crippen molar-refractivity contribution < 1.29 is 0 Å². The van der Waals surface area contributed by atoms with E-state index in [1.54, 1.807) is 0 Å². The molecule has 0 saturated carbocycles. The van der Waals surface area contributed by atoms with Gasteiger partial charge in [-0.05, 0) is 36.5 Å². The van der Waals surface area contributed by atoms with Crippen LogP contribution in [0.3, 0.4) is 0 Å². The van der Waals surface area contributed by atoms with E-state index < -0.39 is 0 Å². The maximum Gasteiger partial charge on any atom is 0.171 e. The molecule has 0 saturated heterocycles. The summed E-state index contributed by atoms with van der Waals surface area (Å²) < 4.78 is 0. The number of aromatic nitrogens is 2. The maximum absolute atomic E-state index is 6.07. The number of anilines is 1. The van der Waals surface area contributed by atoms with Gasteiger partial charge >= 0.3 is 0 Å². The third-order valence-electron chi connectivity index (χ3n) is 2.98. The van der Waals surface area contributed by atoms with Crippen molar-refractivity contribution in [1.82, 2.24) is 15.3 Å². The van der Waals surface area contributed by atoms with Gasteiger partial charge in [0.15, 0.2) is 5.11 Å². The van der Waals surface area contributed by atoms with E-state index in [-0.39, 0.29) is 0 Å². The normalized spacial score (nSPS) is 10.5. The number of H-pyrrole nitrogens is 1. The molecule has 106 valence electrons. The second-order valence-electron chi connectivity index (χ2n) is 4.49. The van der Waals surface area contributed by atoms with Gasteiger partial charge in [-0.25, -0.2) is 4.98 Å². The lowest BCUT2D eigenvalue weighted by Crippen LogP contribution is -2.28. The van der Waals surface area contributed by atoms with Crippen LogP contribution in [-0.4, -0.2) is 15.1 Å². The van der Waals surface area contributed by atoms with Gasteiger partial charge in [0, 0.05) is 0 Å². The average Bonchev–Trinajstić information content (AvgIpc) is 2.90. The maximum atomic E-state index is 6.07. The lowest BCUT2D eigenvalue weighted by molar-refractivity contribution is 0.859. The molecule has 0 bridgehead atoms. The summed E-state index contributed by atoms with van der Waals surface area (Å²) >= 11 is 11.3. The van der Waals surface area contributed by atoms with Crippen molar-refractivity contribution in [2.45, 2.75) is 6.54 Å². The summed E-state index contributed by atoms with van der Waals surface area (Å²) in [6.07, 6.45) is 0. The van der Waals surface area contributed by atoms with E-state index in [0.29, 0.717) is 16.7 Å².